The number of carboxylic acid groups (broad SMARTS) is 1. The van der Waals surface area contributed by atoms with Crippen LogP contribution in [0, 0.1) is 11.8 Å². The predicted molar refractivity (Wildman–Crippen MR) is 109 cm³/mol. The molecule has 0 aromatic heterocycles. The summed E-state index contributed by atoms with van der Waals surface area (Å²) in [7, 11) is 0. The van der Waals surface area contributed by atoms with Gasteiger partial charge in [0.05, 0.1) is 17.8 Å². The molecule has 2 saturated heterocycles. The number of carbonyl (C=O) groups excluding carboxylic acids is 1. The van der Waals surface area contributed by atoms with Crippen LogP contribution in [0.3, 0.4) is 0 Å². The number of ether oxygens (including phenoxy) is 1. The number of hydrazine groups is 1. The number of carboxylic acids is 1. The summed E-state index contributed by atoms with van der Waals surface area (Å²) in [4.78, 5) is 23.2. The highest BCUT2D eigenvalue weighted by molar-refractivity contribution is 5.93. The lowest BCUT2D eigenvalue weighted by Gasteiger charge is -2.28. The second-order valence-electron chi connectivity index (χ2n) is 7.86. The summed E-state index contributed by atoms with van der Waals surface area (Å²) in [6.45, 7) is 0.683. The van der Waals surface area contributed by atoms with E-state index in [1.54, 1.807) is 24.3 Å². The van der Waals surface area contributed by atoms with Gasteiger partial charge in [0.15, 0.2) is 0 Å². The van der Waals surface area contributed by atoms with Gasteiger partial charge in [-0.3, -0.25) is 10.2 Å². The van der Waals surface area contributed by atoms with Crippen LogP contribution in [-0.2, 0) is 11.2 Å². The average molecular weight is 394 g/mol. The highest BCUT2D eigenvalue weighted by Crippen LogP contribution is 2.45. The summed E-state index contributed by atoms with van der Waals surface area (Å²) in [5, 5.41) is 9.03. The van der Waals surface area contributed by atoms with Gasteiger partial charge in [-0.25, -0.2) is 10.2 Å². The van der Waals surface area contributed by atoms with Gasteiger partial charge in [0, 0.05) is 18.0 Å². The van der Waals surface area contributed by atoms with Crippen molar-refractivity contribution in [3.63, 3.8) is 0 Å². The molecule has 2 heterocycles. The van der Waals surface area contributed by atoms with Crippen molar-refractivity contribution >= 4 is 11.9 Å². The molecular formula is C23H26N2O4. The van der Waals surface area contributed by atoms with Crippen LogP contribution in [-0.4, -0.2) is 35.7 Å². The van der Waals surface area contributed by atoms with Crippen LogP contribution in [0.4, 0.5) is 0 Å². The van der Waals surface area contributed by atoms with Crippen molar-refractivity contribution in [2.45, 2.75) is 37.9 Å². The van der Waals surface area contributed by atoms with E-state index in [1.807, 2.05) is 30.3 Å². The molecule has 4 unspecified atom stereocenters. The molecule has 0 aliphatic carbocycles. The van der Waals surface area contributed by atoms with Crippen molar-refractivity contribution in [1.82, 2.24) is 10.9 Å². The van der Waals surface area contributed by atoms with Crippen LogP contribution in [0.15, 0.2) is 54.6 Å². The lowest BCUT2D eigenvalue weighted by atomic mass is 9.76. The number of benzene rings is 2. The maximum absolute atomic E-state index is 12.2. The van der Waals surface area contributed by atoms with Crippen molar-refractivity contribution in [3.8, 4) is 0 Å². The Morgan fingerprint density at radius 2 is 1.62 bits per heavy atom. The van der Waals surface area contributed by atoms with Gasteiger partial charge in [-0.05, 0) is 61.4 Å². The summed E-state index contributed by atoms with van der Waals surface area (Å²) in [5.74, 6) is -0.233. The minimum absolute atomic E-state index is 0.134. The van der Waals surface area contributed by atoms with E-state index in [1.165, 1.54) is 0 Å². The molecule has 1 amide bonds. The molecule has 6 heteroatoms. The molecular weight excluding hydrogens is 368 g/mol. The number of fused-ring (bicyclic) bond motifs is 2. The molecule has 152 valence electrons. The summed E-state index contributed by atoms with van der Waals surface area (Å²) >= 11 is 0. The number of nitrogens with one attached hydrogen (secondary N) is 2. The number of aromatic carboxylic acids is 1. The molecule has 2 bridgehead atoms. The maximum atomic E-state index is 12.2. The molecule has 4 rings (SSSR count). The normalized spacial score (nSPS) is 25.1. The zero-order chi connectivity index (χ0) is 20.2. The zero-order valence-corrected chi connectivity index (χ0v) is 16.2. The van der Waals surface area contributed by atoms with E-state index in [0.717, 1.165) is 31.2 Å². The SMILES string of the molecule is O=C(O)c1ccc(CCC2C3CCC(O3)C2CNNC(=O)c2ccccc2)cc1. The number of aryl methyl sites for hydroxylation is 1. The molecule has 2 aromatic carbocycles. The Bertz CT molecular complexity index is 853. The van der Waals surface area contributed by atoms with E-state index in [9.17, 15) is 9.59 Å². The molecule has 2 aliphatic rings. The van der Waals surface area contributed by atoms with Gasteiger partial charge in [0.25, 0.3) is 5.91 Å². The van der Waals surface area contributed by atoms with Crippen LogP contribution in [0.25, 0.3) is 0 Å². The third-order valence-corrected chi connectivity index (χ3v) is 6.13. The van der Waals surface area contributed by atoms with Gasteiger partial charge in [-0.15, -0.1) is 0 Å². The van der Waals surface area contributed by atoms with Crippen LogP contribution in [0.2, 0.25) is 0 Å². The first kappa shape index (κ1) is 19.6. The molecule has 0 saturated carbocycles. The molecule has 2 fully saturated rings. The Labute approximate surface area is 170 Å². The van der Waals surface area contributed by atoms with E-state index in [-0.39, 0.29) is 18.1 Å². The zero-order valence-electron chi connectivity index (χ0n) is 16.2. The predicted octanol–water partition coefficient (Wildman–Crippen LogP) is 3.05. The number of rotatable bonds is 8. The monoisotopic (exact) mass is 394 g/mol. The smallest absolute Gasteiger partial charge is 0.335 e. The maximum Gasteiger partial charge on any atom is 0.335 e. The first-order chi connectivity index (χ1) is 14.1. The summed E-state index contributed by atoms with van der Waals surface area (Å²) in [5.41, 5.74) is 7.99. The largest absolute Gasteiger partial charge is 0.478 e. The fraction of sp³-hybridized carbons (Fsp3) is 0.391. The second kappa shape index (κ2) is 8.76. The summed E-state index contributed by atoms with van der Waals surface area (Å²) in [6.07, 6.45) is 4.60. The quantitative estimate of drug-likeness (QED) is 0.599. The van der Waals surface area contributed by atoms with Crippen LogP contribution < -0.4 is 10.9 Å². The molecule has 2 aromatic rings. The van der Waals surface area contributed by atoms with Crippen LogP contribution in [0.1, 0.15) is 45.5 Å². The van der Waals surface area contributed by atoms with Gasteiger partial charge in [0.1, 0.15) is 0 Å². The van der Waals surface area contributed by atoms with Gasteiger partial charge < -0.3 is 9.84 Å². The van der Waals surface area contributed by atoms with E-state index >= 15 is 0 Å². The molecule has 2 aliphatic heterocycles. The fourth-order valence-corrected chi connectivity index (χ4v) is 4.61. The Morgan fingerprint density at radius 1 is 0.931 bits per heavy atom. The Morgan fingerprint density at radius 3 is 2.31 bits per heavy atom. The minimum atomic E-state index is -0.901. The lowest BCUT2D eigenvalue weighted by Crippen LogP contribution is -2.44. The van der Waals surface area contributed by atoms with Gasteiger partial charge in [0.2, 0.25) is 0 Å². The third-order valence-electron chi connectivity index (χ3n) is 6.13. The van der Waals surface area contributed by atoms with Crippen molar-refractivity contribution < 1.29 is 19.4 Å². The molecule has 29 heavy (non-hydrogen) atoms. The van der Waals surface area contributed by atoms with Crippen LogP contribution >= 0.6 is 0 Å². The number of amides is 1. The number of hydrogen-bond donors (Lipinski definition) is 3. The van der Waals surface area contributed by atoms with Gasteiger partial charge in [-0.2, -0.15) is 0 Å². The van der Waals surface area contributed by atoms with Crippen LogP contribution in [0.5, 0.6) is 0 Å². The molecule has 4 atom stereocenters. The fourth-order valence-electron chi connectivity index (χ4n) is 4.61. The number of hydrogen-bond acceptors (Lipinski definition) is 4. The van der Waals surface area contributed by atoms with Crippen molar-refractivity contribution in [2.24, 2.45) is 11.8 Å². The topological polar surface area (TPSA) is 87.7 Å². The molecule has 3 N–H and O–H groups in total. The third kappa shape index (κ3) is 4.49. The number of carbonyl (C=O) groups is 2. The summed E-state index contributed by atoms with van der Waals surface area (Å²) < 4.78 is 6.15. The standard InChI is InChI=1S/C23H26N2O4/c26-22(16-4-2-1-3-5-16)25-24-14-19-18(20-12-13-21(19)29-20)11-8-15-6-9-17(10-7-15)23(27)28/h1-7,9-10,18-21,24H,8,11-14H2,(H,25,26)(H,27,28). The average Bonchev–Trinajstić information content (AvgIpc) is 3.35. The van der Waals surface area contributed by atoms with Crippen molar-refractivity contribution in [2.75, 3.05) is 6.54 Å². The van der Waals surface area contributed by atoms with E-state index in [0.29, 0.717) is 29.5 Å². The molecule has 6 nitrogen and oxygen atoms in total. The molecule has 0 spiro atoms. The summed E-state index contributed by atoms with van der Waals surface area (Å²) in [6, 6.07) is 16.3. The highest BCUT2D eigenvalue weighted by atomic mass is 16.5. The Hall–Kier alpha value is -2.70. The minimum Gasteiger partial charge on any atom is -0.478 e. The Kier molecular flexibility index (Phi) is 5.92. The van der Waals surface area contributed by atoms with E-state index < -0.39 is 5.97 Å². The van der Waals surface area contributed by atoms with Crippen molar-refractivity contribution in [3.05, 3.63) is 71.3 Å². The van der Waals surface area contributed by atoms with E-state index in [4.69, 9.17) is 9.84 Å². The second-order valence-corrected chi connectivity index (χ2v) is 7.86. The van der Waals surface area contributed by atoms with Gasteiger partial charge in [-0.1, -0.05) is 30.3 Å². The Balaban J connectivity index is 1.30. The first-order valence-corrected chi connectivity index (χ1v) is 10.2. The molecule has 0 radical (unpaired) electrons. The van der Waals surface area contributed by atoms with Gasteiger partial charge >= 0.3 is 5.97 Å². The first-order valence-electron chi connectivity index (χ1n) is 10.2. The lowest BCUT2D eigenvalue weighted by molar-refractivity contribution is 0.0696. The highest BCUT2D eigenvalue weighted by Gasteiger charge is 2.48. The van der Waals surface area contributed by atoms with Crippen molar-refractivity contribution in [1.29, 1.82) is 0 Å². The van der Waals surface area contributed by atoms with E-state index in [2.05, 4.69) is 10.9 Å².